The van der Waals surface area contributed by atoms with Crippen LogP contribution in [0.2, 0.25) is 10.0 Å². The molecule has 8 aromatic rings. The lowest BCUT2D eigenvalue weighted by Crippen LogP contribution is -2.45. The lowest BCUT2D eigenvalue weighted by molar-refractivity contribution is -0.156. The van der Waals surface area contributed by atoms with E-state index in [1.54, 1.807) is 22.5 Å². The summed E-state index contributed by atoms with van der Waals surface area (Å²) in [7, 11) is 0. The molecule has 6 aromatic heterocycles. The van der Waals surface area contributed by atoms with E-state index in [4.69, 9.17) is 44.1 Å². The number of hydrogen-bond donors (Lipinski definition) is 5. The number of pyridine rings is 2. The van der Waals surface area contributed by atoms with E-state index in [0.29, 0.717) is 48.0 Å². The molecule has 4 aliphatic heterocycles. The van der Waals surface area contributed by atoms with Crippen LogP contribution in [0.25, 0.3) is 11.3 Å². The fourth-order valence-electron chi connectivity index (χ4n) is 11.6. The quantitative estimate of drug-likeness (QED) is 0.0717. The number of aromatic nitrogens is 10. The third-order valence-electron chi connectivity index (χ3n) is 16.3. The molecule has 4 fully saturated rings. The van der Waals surface area contributed by atoms with E-state index in [9.17, 15) is 28.2 Å². The highest BCUT2D eigenvalue weighted by Gasteiger charge is 2.38. The number of nitrogens with zero attached hydrogens (tertiary/aromatic N) is 13. The van der Waals surface area contributed by atoms with Crippen molar-refractivity contribution in [2.75, 3.05) is 86.0 Å². The van der Waals surface area contributed by atoms with Crippen molar-refractivity contribution in [3.05, 3.63) is 131 Å². The number of rotatable bonds is 12. The van der Waals surface area contributed by atoms with Crippen molar-refractivity contribution in [2.24, 2.45) is 0 Å². The standard InChI is InChI=1S/C31H39ClN8O3.C26H31ClN8O.C2HF3O.C2H6/c1-30(2,3)43-29(42)38-15-10-25(11-16-38)40-20-24(19-33-40)34-28-35-27-26(5-4-14-39(27)36-28)37-17-12-31(21-41,13-18-37)22-6-8-23(32)9-7-22;27-20-5-3-19(4-6-20)26(18-36)9-14-33(15-10-26)23-2-1-13-34-24(23)31-25(32-34)30-21-16-29-35(17-21)22-7-11-28-12-8-22;3-2(4,5)1-6;1-2/h4-9,14,19-20,25,41H,10-13,15-18,21H2,1-3H3,(H,34,36);1-6,13,16-17,22,28,36H,7-12,14-15,18H2,(H,30,32);1H;1-2H3/i;;;1D. The van der Waals surface area contributed by atoms with Gasteiger partial charge in [-0.1, -0.05) is 61.3 Å². The smallest absolute Gasteiger partial charge is 0.444 e. The number of benzene rings is 2. The van der Waals surface area contributed by atoms with Crippen molar-refractivity contribution in [1.29, 1.82) is 0 Å². The Kier molecular flexibility index (Phi) is 20.2. The van der Waals surface area contributed by atoms with E-state index in [1.165, 1.54) is 0 Å². The predicted octanol–water partition coefficient (Wildman–Crippen LogP) is 11.0. The lowest BCUT2D eigenvalue weighted by atomic mass is 9.73. The van der Waals surface area contributed by atoms with Gasteiger partial charge in [0, 0.05) is 86.3 Å². The predicted molar refractivity (Wildman–Crippen MR) is 331 cm³/mol. The molecular weight excluding hydrogens is 1160 g/mol. The summed E-state index contributed by atoms with van der Waals surface area (Å²) in [5.41, 5.74) is 6.58. The highest BCUT2D eigenvalue weighted by Crippen LogP contribution is 2.40. The molecule has 0 bridgehead atoms. The number of aliphatic hydroxyl groups is 2. The Hall–Kier alpha value is -7.51. The van der Waals surface area contributed by atoms with Crippen LogP contribution in [0.15, 0.2) is 110 Å². The Morgan fingerprint density at radius 3 is 1.48 bits per heavy atom. The van der Waals surface area contributed by atoms with Gasteiger partial charge in [0.05, 0.1) is 60.4 Å². The lowest BCUT2D eigenvalue weighted by Gasteiger charge is -2.42. The Labute approximate surface area is 515 Å². The molecule has 0 radical (unpaired) electrons. The Morgan fingerprint density at radius 1 is 0.701 bits per heavy atom. The SMILES string of the molecule is CC(C)(C)OC(=O)N1CCC(n2cc(Nc3nc4c(N5CCC(CO)(c6ccc(Cl)cc6)CC5)cccn4n3)cn2)CC1.O=CC(F)(F)F.OCC1(c2ccc(Cl)cc2)CCN(c2cccn3nc(Nc4cnn(C5CCNCC5)c4)nc23)CC1.[2H]CC. The molecule has 466 valence electrons. The van der Waals surface area contributed by atoms with Crippen LogP contribution < -0.4 is 25.8 Å². The first kappa shape index (κ1) is 62.5. The number of anilines is 6. The zero-order chi connectivity index (χ0) is 62.6. The maximum Gasteiger partial charge on any atom is 0.446 e. The van der Waals surface area contributed by atoms with Gasteiger partial charge in [0.15, 0.2) is 11.3 Å². The van der Waals surface area contributed by atoms with Gasteiger partial charge in [-0.3, -0.25) is 14.2 Å². The van der Waals surface area contributed by atoms with Gasteiger partial charge in [-0.15, -0.1) is 10.2 Å². The minimum absolute atomic E-state index is 0.0994. The van der Waals surface area contributed by atoms with Crippen molar-refractivity contribution >= 4 is 81.5 Å². The molecule has 2 aromatic carbocycles. The number of amides is 1. The number of aliphatic hydroxyl groups excluding tert-OH is 2. The van der Waals surface area contributed by atoms with Crippen LogP contribution in [0.5, 0.6) is 0 Å². The van der Waals surface area contributed by atoms with Gasteiger partial charge < -0.3 is 45.6 Å². The minimum Gasteiger partial charge on any atom is -0.444 e. The molecular formula is C61H77Cl2F3N16O5. The second-order valence-electron chi connectivity index (χ2n) is 23.1. The number of hydrogen-bond acceptors (Lipinski definition) is 16. The number of aldehydes is 1. The van der Waals surface area contributed by atoms with E-state index in [-0.39, 0.29) is 36.2 Å². The van der Waals surface area contributed by atoms with E-state index < -0.39 is 18.1 Å². The highest BCUT2D eigenvalue weighted by molar-refractivity contribution is 6.30. The summed E-state index contributed by atoms with van der Waals surface area (Å²) in [6.07, 6.45) is 12.6. The van der Waals surface area contributed by atoms with Crippen LogP contribution in [0, 0.1) is 0 Å². The second kappa shape index (κ2) is 28.1. The molecule has 1 amide bonds. The topological polar surface area (TPSA) is 226 Å². The van der Waals surface area contributed by atoms with Crippen LogP contribution in [0.4, 0.5) is 52.6 Å². The zero-order valence-corrected chi connectivity index (χ0v) is 50.9. The zero-order valence-electron chi connectivity index (χ0n) is 50.4. The van der Waals surface area contributed by atoms with Gasteiger partial charge in [-0.25, -0.2) is 13.8 Å². The molecule has 0 atom stereocenters. The van der Waals surface area contributed by atoms with Gasteiger partial charge in [0.1, 0.15) is 5.60 Å². The third-order valence-corrected chi connectivity index (χ3v) is 16.9. The molecule has 21 nitrogen and oxygen atoms in total. The number of likely N-dealkylation sites (tertiary alicyclic amines) is 1. The second-order valence-corrected chi connectivity index (χ2v) is 23.9. The Bertz CT molecular complexity index is 3530. The maximum absolute atomic E-state index is 12.4. The molecule has 4 saturated heterocycles. The van der Waals surface area contributed by atoms with E-state index in [0.717, 1.165) is 136 Å². The number of alkyl halides is 3. The minimum atomic E-state index is -4.64. The summed E-state index contributed by atoms with van der Waals surface area (Å²) in [6, 6.07) is 24.5. The first-order valence-electron chi connectivity index (χ1n) is 30.0. The molecule has 4 aliphatic rings. The monoisotopic (exact) mass is 1240 g/mol. The molecule has 10 heterocycles. The molecule has 26 heteroatoms. The number of halogens is 5. The van der Waals surface area contributed by atoms with Gasteiger partial charge in [0.25, 0.3) is 0 Å². The maximum atomic E-state index is 12.4. The molecule has 0 spiro atoms. The van der Waals surface area contributed by atoms with E-state index in [2.05, 4.69) is 58.3 Å². The average molecular weight is 1240 g/mol. The van der Waals surface area contributed by atoms with E-state index >= 15 is 0 Å². The first-order valence-corrected chi connectivity index (χ1v) is 30.1. The highest BCUT2D eigenvalue weighted by atomic mass is 35.5. The normalized spacial score (nSPS) is 17.5. The number of nitrogens with one attached hydrogen (secondary N) is 3. The van der Waals surface area contributed by atoms with Crippen LogP contribution >= 0.6 is 23.2 Å². The van der Waals surface area contributed by atoms with Gasteiger partial charge in [-0.05, 0) is 145 Å². The summed E-state index contributed by atoms with van der Waals surface area (Å²) >= 11 is 12.2. The first-order chi connectivity index (χ1) is 42.2. The number of carbonyl (C=O) groups is 2. The summed E-state index contributed by atoms with van der Waals surface area (Å²) in [4.78, 5) is 37.2. The molecule has 87 heavy (non-hydrogen) atoms. The van der Waals surface area contributed by atoms with Crippen molar-refractivity contribution in [3.63, 3.8) is 0 Å². The third kappa shape index (κ3) is 15.8. The van der Waals surface area contributed by atoms with Gasteiger partial charge in [-0.2, -0.15) is 33.3 Å². The molecule has 0 unspecified atom stereocenters. The summed E-state index contributed by atoms with van der Waals surface area (Å²) in [5, 5.41) is 50.6. The fourth-order valence-corrected chi connectivity index (χ4v) is 11.8. The van der Waals surface area contributed by atoms with Crippen LogP contribution in [-0.4, -0.2) is 154 Å². The largest absolute Gasteiger partial charge is 0.446 e. The average Bonchev–Trinajstić information content (AvgIpc) is 1.72. The van der Waals surface area contributed by atoms with E-state index in [1.807, 2.05) is 126 Å². The molecule has 5 N–H and O–H groups in total. The van der Waals surface area contributed by atoms with Crippen molar-refractivity contribution in [2.45, 2.75) is 121 Å². The number of carbonyl (C=O) groups excluding carboxylic acids is 2. The molecule has 0 aliphatic carbocycles. The number of piperidine rings is 4. The van der Waals surface area contributed by atoms with Crippen LogP contribution in [-0.2, 0) is 20.4 Å². The summed E-state index contributed by atoms with van der Waals surface area (Å²) in [5.74, 6) is 1.05. The molecule has 0 saturated carbocycles. The van der Waals surface area contributed by atoms with Crippen molar-refractivity contribution < 1.29 is 39.1 Å². The Morgan fingerprint density at radius 2 is 1.10 bits per heavy atom. The van der Waals surface area contributed by atoms with Crippen molar-refractivity contribution in [3.8, 4) is 0 Å². The number of fused-ring (bicyclic) bond motifs is 2. The Balaban J connectivity index is 0.000000186. The summed E-state index contributed by atoms with van der Waals surface area (Å²) in [6.45, 7) is 14.7. The van der Waals surface area contributed by atoms with Crippen LogP contribution in [0.1, 0.15) is 111 Å². The van der Waals surface area contributed by atoms with Crippen molar-refractivity contribution in [1.82, 2.24) is 59.0 Å². The van der Waals surface area contributed by atoms with Crippen LogP contribution in [0.3, 0.4) is 0 Å². The fraction of sp³-hybridized carbons (Fsp3) is 0.475. The summed E-state index contributed by atoms with van der Waals surface area (Å²) < 4.78 is 50.6. The van der Waals surface area contributed by atoms with Gasteiger partial charge in [0.2, 0.25) is 18.2 Å². The number of ether oxygens (including phenoxy) is 1. The molecule has 12 rings (SSSR count). The van der Waals surface area contributed by atoms with Gasteiger partial charge >= 0.3 is 12.3 Å².